The van der Waals surface area contributed by atoms with Crippen LogP contribution in [-0.4, -0.2) is 0 Å². The topological polar surface area (TPSA) is 3.24 Å². The molecule has 0 N–H and O–H groups in total. The predicted molar refractivity (Wildman–Crippen MR) is 249 cm³/mol. The van der Waals surface area contributed by atoms with Gasteiger partial charge in [-0.25, -0.2) is 0 Å². The van der Waals surface area contributed by atoms with Crippen molar-refractivity contribution < 1.29 is 0 Å². The largest absolute Gasteiger partial charge is 0.309 e. The van der Waals surface area contributed by atoms with Crippen LogP contribution < -0.4 is 4.90 Å². The maximum atomic E-state index is 2.48. The fourth-order valence-corrected chi connectivity index (χ4v) is 10.8. The van der Waals surface area contributed by atoms with E-state index in [4.69, 9.17) is 0 Å². The molecule has 1 nitrogen and oxygen atoms in total. The van der Waals surface area contributed by atoms with E-state index in [2.05, 4.69) is 217 Å². The van der Waals surface area contributed by atoms with Crippen LogP contribution in [-0.2, 0) is 0 Å². The molecule has 0 bridgehead atoms. The Labute approximate surface area is 340 Å². The van der Waals surface area contributed by atoms with Crippen molar-refractivity contribution in [1.29, 1.82) is 0 Å². The minimum Gasteiger partial charge on any atom is -0.309 e. The highest BCUT2D eigenvalue weighted by molar-refractivity contribution is 7.26. The van der Waals surface area contributed by atoms with E-state index in [1.807, 2.05) is 22.7 Å². The molecule has 0 saturated heterocycles. The van der Waals surface area contributed by atoms with Crippen molar-refractivity contribution in [2.75, 3.05) is 4.90 Å². The lowest BCUT2D eigenvalue weighted by Crippen LogP contribution is -2.10. The van der Waals surface area contributed by atoms with Gasteiger partial charge in [-0.1, -0.05) is 158 Å². The van der Waals surface area contributed by atoms with Crippen LogP contribution in [0.1, 0.15) is 0 Å². The molecule has 57 heavy (non-hydrogen) atoms. The molecular formula is C54H35NS2. The molecule has 2 heterocycles. The number of nitrogens with zero attached hydrogens (tertiary/aromatic N) is 1. The van der Waals surface area contributed by atoms with Crippen LogP contribution >= 0.6 is 22.7 Å². The number of fused-ring (bicyclic) bond motifs is 6. The summed E-state index contributed by atoms with van der Waals surface area (Å²) < 4.78 is 5.19. The maximum Gasteiger partial charge on any atom is 0.0640 e. The molecule has 0 radical (unpaired) electrons. The van der Waals surface area contributed by atoms with Crippen LogP contribution in [0.5, 0.6) is 0 Å². The second kappa shape index (κ2) is 14.1. The zero-order valence-electron chi connectivity index (χ0n) is 31.0. The normalized spacial score (nSPS) is 11.5. The van der Waals surface area contributed by atoms with Gasteiger partial charge < -0.3 is 4.90 Å². The Morgan fingerprint density at radius 2 is 0.807 bits per heavy atom. The molecule has 0 atom stereocenters. The molecule has 2 aromatic heterocycles. The molecule has 11 rings (SSSR count). The van der Waals surface area contributed by atoms with Crippen molar-refractivity contribution in [2.24, 2.45) is 0 Å². The first kappa shape index (κ1) is 33.5. The van der Waals surface area contributed by atoms with E-state index < -0.39 is 0 Å². The Balaban J connectivity index is 1.17. The summed E-state index contributed by atoms with van der Waals surface area (Å²) in [6, 6.07) is 77.6. The molecule has 0 aliphatic carbocycles. The molecule has 0 amide bonds. The number of hydrogen-bond acceptors (Lipinski definition) is 3. The summed E-state index contributed by atoms with van der Waals surface area (Å²) in [5.41, 5.74) is 13.1. The van der Waals surface area contributed by atoms with E-state index in [1.165, 1.54) is 84.9 Å². The smallest absolute Gasteiger partial charge is 0.0640 e. The Morgan fingerprint density at radius 1 is 0.298 bits per heavy atom. The number of thiophene rings is 2. The van der Waals surface area contributed by atoms with Gasteiger partial charge in [-0.2, -0.15) is 0 Å². The lowest BCUT2D eigenvalue weighted by Gasteiger charge is -2.28. The van der Waals surface area contributed by atoms with Gasteiger partial charge in [-0.05, 0) is 99.1 Å². The van der Waals surface area contributed by atoms with Gasteiger partial charge >= 0.3 is 0 Å². The van der Waals surface area contributed by atoms with Crippen LogP contribution in [0.3, 0.4) is 0 Å². The van der Waals surface area contributed by atoms with Gasteiger partial charge in [-0.15, -0.1) is 22.7 Å². The number of benzene rings is 9. The van der Waals surface area contributed by atoms with Crippen molar-refractivity contribution in [3.05, 3.63) is 212 Å². The van der Waals surface area contributed by atoms with Gasteiger partial charge in [0.1, 0.15) is 0 Å². The summed E-state index contributed by atoms with van der Waals surface area (Å²) in [5, 5.41) is 5.22. The van der Waals surface area contributed by atoms with Crippen LogP contribution in [0, 0.1) is 0 Å². The first-order chi connectivity index (χ1) is 28.3. The van der Waals surface area contributed by atoms with Gasteiger partial charge in [0.2, 0.25) is 0 Å². The molecule has 3 heteroatoms. The minimum atomic E-state index is 1.11. The maximum absolute atomic E-state index is 2.48. The van der Waals surface area contributed by atoms with Gasteiger partial charge in [0.15, 0.2) is 0 Å². The second-order valence-corrected chi connectivity index (χ2v) is 16.6. The highest BCUT2D eigenvalue weighted by Crippen LogP contribution is 2.49. The summed E-state index contributed by atoms with van der Waals surface area (Å²) in [6.07, 6.45) is 0. The summed E-state index contributed by atoms with van der Waals surface area (Å²) >= 11 is 3.75. The van der Waals surface area contributed by atoms with Crippen molar-refractivity contribution >= 4 is 80.1 Å². The van der Waals surface area contributed by atoms with Gasteiger partial charge in [0.05, 0.1) is 10.4 Å². The molecule has 0 aliphatic rings. The average molecular weight is 762 g/mol. The minimum absolute atomic E-state index is 1.11. The molecule has 0 spiro atoms. The molecule has 0 saturated carbocycles. The zero-order chi connectivity index (χ0) is 37.7. The Hall–Kier alpha value is -6.78. The third-order valence-corrected chi connectivity index (χ3v) is 13.4. The monoisotopic (exact) mass is 761 g/mol. The summed E-state index contributed by atoms with van der Waals surface area (Å²) in [6.45, 7) is 0. The first-order valence-electron chi connectivity index (χ1n) is 19.3. The fraction of sp³-hybridized carbons (Fsp3) is 0. The first-order valence-corrected chi connectivity index (χ1v) is 21.0. The van der Waals surface area contributed by atoms with Gasteiger partial charge in [0.25, 0.3) is 0 Å². The van der Waals surface area contributed by atoms with Gasteiger partial charge in [-0.3, -0.25) is 0 Å². The average Bonchev–Trinajstić information content (AvgIpc) is 3.87. The van der Waals surface area contributed by atoms with Crippen molar-refractivity contribution in [1.82, 2.24) is 0 Å². The van der Waals surface area contributed by atoms with Crippen LogP contribution in [0.4, 0.5) is 17.1 Å². The molecule has 268 valence electrons. The lowest BCUT2D eigenvalue weighted by molar-refractivity contribution is 1.30. The van der Waals surface area contributed by atoms with E-state index in [1.54, 1.807) is 0 Å². The van der Waals surface area contributed by atoms with E-state index in [9.17, 15) is 0 Å². The van der Waals surface area contributed by atoms with Crippen LogP contribution in [0.2, 0.25) is 0 Å². The highest BCUT2D eigenvalue weighted by atomic mass is 32.1. The lowest BCUT2D eigenvalue weighted by atomic mass is 9.96. The van der Waals surface area contributed by atoms with Crippen molar-refractivity contribution in [2.45, 2.75) is 0 Å². The summed E-state index contributed by atoms with van der Waals surface area (Å²) in [4.78, 5) is 2.48. The van der Waals surface area contributed by atoms with E-state index in [0.29, 0.717) is 0 Å². The standard InChI is InChI=1S/C54H35NS2/c1-4-15-36(16-5-1)40-33-41(37-17-6-2-7-18-37)35-43(34-40)55(42-29-27-39(28-30-42)44-23-14-26-51-52(44)46-21-10-12-24-49(46)56-51)48-32-31-45(38-19-8-3-9-20-38)53-47-22-11-13-25-50(47)57-54(48)53/h1-35H. The van der Waals surface area contributed by atoms with Crippen molar-refractivity contribution in [3.8, 4) is 44.5 Å². The SMILES string of the molecule is c1ccc(-c2cc(-c3ccccc3)cc(N(c3ccc(-c4cccc5sc6ccccc6c45)cc3)c3ccc(-c4ccccc4)c4c3sc3ccccc34)c2)cc1. The van der Waals surface area contributed by atoms with E-state index in [-0.39, 0.29) is 0 Å². The molecule has 0 fully saturated rings. The fourth-order valence-electron chi connectivity index (χ4n) is 8.42. The predicted octanol–water partition coefficient (Wildman–Crippen LogP) is 16.6. The van der Waals surface area contributed by atoms with Gasteiger partial charge in [0, 0.05) is 47.0 Å². The zero-order valence-corrected chi connectivity index (χ0v) is 32.6. The second-order valence-electron chi connectivity index (χ2n) is 14.5. The third kappa shape index (κ3) is 5.91. The number of anilines is 3. The third-order valence-electron chi connectivity index (χ3n) is 11.1. The summed E-state index contributed by atoms with van der Waals surface area (Å²) in [7, 11) is 0. The number of rotatable bonds is 7. The van der Waals surface area contributed by atoms with Crippen LogP contribution in [0.15, 0.2) is 212 Å². The van der Waals surface area contributed by atoms with E-state index >= 15 is 0 Å². The molecule has 9 aromatic carbocycles. The molecule has 11 aromatic rings. The van der Waals surface area contributed by atoms with Crippen LogP contribution in [0.25, 0.3) is 84.9 Å². The Bertz CT molecular complexity index is 3160. The quantitative estimate of drug-likeness (QED) is 0.156. The van der Waals surface area contributed by atoms with E-state index in [0.717, 1.165) is 17.1 Å². The Morgan fingerprint density at radius 3 is 1.46 bits per heavy atom. The highest BCUT2D eigenvalue weighted by Gasteiger charge is 2.22. The molecule has 0 unspecified atom stereocenters. The van der Waals surface area contributed by atoms with Crippen molar-refractivity contribution in [3.63, 3.8) is 0 Å². The molecule has 0 aliphatic heterocycles. The molecular weight excluding hydrogens is 727 g/mol. The number of hydrogen-bond donors (Lipinski definition) is 0. The summed E-state index contributed by atoms with van der Waals surface area (Å²) in [5.74, 6) is 0. The Kier molecular flexibility index (Phi) is 8.28.